The Labute approximate surface area is 168 Å². The summed E-state index contributed by atoms with van der Waals surface area (Å²) in [6.07, 6.45) is 2.73. The summed E-state index contributed by atoms with van der Waals surface area (Å²) in [5.41, 5.74) is 5.98. The maximum atomic E-state index is 11.4. The van der Waals surface area contributed by atoms with Crippen molar-refractivity contribution in [3.05, 3.63) is 69.3 Å². The van der Waals surface area contributed by atoms with Gasteiger partial charge in [-0.15, -0.1) is 0 Å². The van der Waals surface area contributed by atoms with Gasteiger partial charge >= 0.3 is 5.97 Å². The van der Waals surface area contributed by atoms with Crippen molar-refractivity contribution in [3.63, 3.8) is 0 Å². The van der Waals surface area contributed by atoms with Gasteiger partial charge in [0.05, 0.1) is 11.3 Å². The highest BCUT2D eigenvalue weighted by molar-refractivity contribution is 6.30. The van der Waals surface area contributed by atoms with Crippen molar-refractivity contribution in [2.75, 3.05) is 6.54 Å². The molecule has 0 saturated heterocycles. The Bertz CT molecular complexity index is 1040. The third kappa shape index (κ3) is 3.53. The summed E-state index contributed by atoms with van der Waals surface area (Å²) >= 11 is 5.96. The van der Waals surface area contributed by atoms with Crippen molar-refractivity contribution in [3.8, 4) is 11.4 Å². The number of aryl methyl sites for hydroxylation is 1. The first-order chi connectivity index (χ1) is 13.4. The Balaban J connectivity index is 1.52. The molecule has 0 atom stereocenters. The van der Waals surface area contributed by atoms with Crippen LogP contribution in [0.4, 0.5) is 0 Å². The minimum absolute atomic E-state index is 0.378. The van der Waals surface area contributed by atoms with Crippen molar-refractivity contribution in [2.24, 2.45) is 0 Å². The van der Waals surface area contributed by atoms with Gasteiger partial charge in [0.2, 0.25) is 0 Å². The van der Waals surface area contributed by atoms with Gasteiger partial charge in [0.15, 0.2) is 5.82 Å². The lowest BCUT2D eigenvalue weighted by molar-refractivity contribution is 0.0695. The molecule has 28 heavy (non-hydrogen) atoms. The Kier molecular flexibility index (Phi) is 4.91. The summed E-state index contributed by atoms with van der Waals surface area (Å²) in [5, 5.41) is 10.1. The van der Waals surface area contributed by atoms with Crippen LogP contribution >= 0.6 is 11.6 Å². The Morgan fingerprint density at radius 1 is 1.29 bits per heavy atom. The van der Waals surface area contributed by atoms with Crippen molar-refractivity contribution in [2.45, 2.75) is 33.4 Å². The molecule has 1 aliphatic heterocycles. The van der Waals surface area contributed by atoms with Crippen LogP contribution in [0.3, 0.4) is 0 Å². The van der Waals surface area contributed by atoms with E-state index in [1.165, 1.54) is 0 Å². The second kappa shape index (κ2) is 7.37. The van der Waals surface area contributed by atoms with Gasteiger partial charge in [-0.25, -0.2) is 14.8 Å². The number of rotatable bonds is 4. The van der Waals surface area contributed by atoms with Crippen molar-refractivity contribution < 1.29 is 9.90 Å². The second-order valence-corrected chi connectivity index (χ2v) is 7.60. The van der Waals surface area contributed by atoms with Crippen LogP contribution in [0.15, 0.2) is 30.5 Å². The van der Waals surface area contributed by atoms with Crippen LogP contribution in [0.1, 0.15) is 38.6 Å². The highest BCUT2D eigenvalue weighted by atomic mass is 35.5. The Morgan fingerprint density at radius 3 is 2.71 bits per heavy atom. The van der Waals surface area contributed by atoms with Crippen molar-refractivity contribution in [1.82, 2.24) is 19.9 Å². The molecular weight excluding hydrogens is 376 g/mol. The van der Waals surface area contributed by atoms with Crippen LogP contribution < -0.4 is 0 Å². The molecule has 0 fully saturated rings. The number of aromatic nitrogens is 3. The predicted molar refractivity (Wildman–Crippen MR) is 108 cm³/mol. The van der Waals surface area contributed by atoms with Gasteiger partial charge < -0.3 is 10.1 Å². The standard InChI is InChI=1S/C21H21ClN4O2/c1-12-18(24-13(2)19(12)21(27)28)11-26-8-7-17-15(10-26)9-23-20(25-17)14-3-5-16(22)6-4-14/h3-6,9,24H,7-8,10-11H2,1-2H3,(H,27,28). The lowest BCUT2D eigenvalue weighted by atomic mass is 10.1. The number of nitrogens with one attached hydrogen (secondary N) is 1. The van der Waals surface area contributed by atoms with Crippen LogP contribution in [0, 0.1) is 13.8 Å². The van der Waals surface area contributed by atoms with E-state index in [1.54, 1.807) is 6.92 Å². The summed E-state index contributed by atoms with van der Waals surface area (Å²) in [7, 11) is 0. The molecule has 0 radical (unpaired) electrons. The first-order valence-electron chi connectivity index (χ1n) is 9.17. The van der Waals surface area contributed by atoms with E-state index in [-0.39, 0.29) is 0 Å². The lowest BCUT2D eigenvalue weighted by Crippen LogP contribution is -2.31. The van der Waals surface area contributed by atoms with E-state index in [0.29, 0.717) is 28.6 Å². The van der Waals surface area contributed by atoms with E-state index in [1.807, 2.05) is 37.4 Å². The van der Waals surface area contributed by atoms with Gasteiger partial charge in [-0.1, -0.05) is 11.6 Å². The maximum Gasteiger partial charge on any atom is 0.337 e. The van der Waals surface area contributed by atoms with E-state index < -0.39 is 5.97 Å². The third-order valence-electron chi connectivity index (χ3n) is 5.25. The number of aromatic amines is 1. The Morgan fingerprint density at radius 2 is 2.04 bits per heavy atom. The molecule has 3 aromatic rings. The number of carbonyl (C=O) groups is 1. The SMILES string of the molecule is Cc1[nH]c(CN2CCc3nc(-c4ccc(Cl)cc4)ncc3C2)c(C)c1C(=O)O. The van der Waals surface area contributed by atoms with Crippen molar-refractivity contribution >= 4 is 17.6 Å². The van der Waals surface area contributed by atoms with Crippen molar-refractivity contribution in [1.29, 1.82) is 0 Å². The number of hydrogen-bond acceptors (Lipinski definition) is 4. The molecule has 1 aliphatic rings. The summed E-state index contributed by atoms with van der Waals surface area (Å²) in [6, 6.07) is 7.53. The summed E-state index contributed by atoms with van der Waals surface area (Å²) in [4.78, 5) is 26.2. The normalized spacial score (nSPS) is 14.1. The van der Waals surface area contributed by atoms with Gasteiger partial charge in [0, 0.05) is 59.8 Å². The van der Waals surface area contributed by atoms with Crippen LogP contribution in [-0.2, 0) is 19.5 Å². The number of halogens is 1. The van der Waals surface area contributed by atoms with E-state index in [0.717, 1.165) is 47.6 Å². The summed E-state index contributed by atoms with van der Waals surface area (Å²) in [5.74, 6) is -0.171. The molecule has 6 nitrogen and oxygen atoms in total. The molecule has 144 valence electrons. The minimum Gasteiger partial charge on any atom is -0.478 e. The molecular formula is C21H21ClN4O2. The molecule has 7 heteroatoms. The lowest BCUT2D eigenvalue weighted by Gasteiger charge is -2.28. The number of aromatic carboxylic acids is 1. The molecule has 0 amide bonds. The van der Waals surface area contributed by atoms with Gasteiger partial charge in [0.25, 0.3) is 0 Å². The average Bonchev–Trinajstić information content (AvgIpc) is 2.95. The number of carboxylic acids is 1. The fourth-order valence-electron chi connectivity index (χ4n) is 3.76. The van der Waals surface area contributed by atoms with E-state index in [2.05, 4.69) is 14.9 Å². The van der Waals surface area contributed by atoms with Gasteiger partial charge in [-0.05, 0) is 43.7 Å². The van der Waals surface area contributed by atoms with Gasteiger partial charge in [-0.2, -0.15) is 0 Å². The predicted octanol–water partition coefficient (Wildman–Crippen LogP) is 4.00. The zero-order valence-corrected chi connectivity index (χ0v) is 16.5. The van der Waals surface area contributed by atoms with Crippen LogP contribution in [0.2, 0.25) is 5.02 Å². The molecule has 2 aromatic heterocycles. The molecule has 3 heterocycles. The molecule has 0 bridgehead atoms. The molecule has 0 saturated carbocycles. The summed E-state index contributed by atoms with van der Waals surface area (Å²) < 4.78 is 0. The molecule has 4 rings (SSSR count). The van der Waals surface area contributed by atoms with Gasteiger partial charge in [-0.3, -0.25) is 4.90 Å². The minimum atomic E-state index is -0.885. The molecule has 0 aliphatic carbocycles. The maximum absolute atomic E-state index is 11.4. The largest absolute Gasteiger partial charge is 0.478 e. The number of nitrogens with zero attached hydrogens (tertiary/aromatic N) is 3. The first-order valence-corrected chi connectivity index (χ1v) is 9.54. The number of H-pyrrole nitrogens is 1. The number of benzene rings is 1. The number of fused-ring (bicyclic) bond motifs is 1. The zero-order valence-electron chi connectivity index (χ0n) is 15.8. The number of carboxylic acid groups (broad SMARTS) is 1. The molecule has 1 aromatic carbocycles. The van der Waals surface area contributed by atoms with Gasteiger partial charge in [0.1, 0.15) is 0 Å². The molecule has 2 N–H and O–H groups in total. The summed E-state index contributed by atoms with van der Waals surface area (Å²) in [6.45, 7) is 5.96. The monoisotopic (exact) mass is 396 g/mol. The Hall–Kier alpha value is -2.70. The highest BCUT2D eigenvalue weighted by Crippen LogP contribution is 2.25. The van der Waals surface area contributed by atoms with E-state index in [4.69, 9.17) is 16.6 Å². The fraction of sp³-hybridized carbons (Fsp3) is 0.286. The quantitative estimate of drug-likeness (QED) is 0.696. The first kappa shape index (κ1) is 18.7. The van der Waals surface area contributed by atoms with Crippen LogP contribution in [-0.4, -0.2) is 37.5 Å². The third-order valence-corrected chi connectivity index (χ3v) is 5.50. The zero-order chi connectivity index (χ0) is 19.8. The fourth-order valence-corrected chi connectivity index (χ4v) is 3.89. The molecule has 0 spiro atoms. The number of hydrogen-bond donors (Lipinski definition) is 2. The van der Waals surface area contributed by atoms with E-state index in [9.17, 15) is 9.90 Å². The molecule has 0 unspecified atom stereocenters. The van der Waals surface area contributed by atoms with Crippen LogP contribution in [0.5, 0.6) is 0 Å². The topological polar surface area (TPSA) is 82.1 Å². The second-order valence-electron chi connectivity index (χ2n) is 7.17. The highest BCUT2D eigenvalue weighted by Gasteiger charge is 2.22. The van der Waals surface area contributed by atoms with Crippen LogP contribution in [0.25, 0.3) is 11.4 Å². The smallest absolute Gasteiger partial charge is 0.337 e. The average molecular weight is 397 g/mol. The van der Waals surface area contributed by atoms with E-state index >= 15 is 0 Å².